The maximum atomic E-state index is 3.93. The Morgan fingerprint density at radius 2 is 1.36 bits per heavy atom. The van der Waals surface area contributed by atoms with E-state index in [-0.39, 0.29) is 8.85 Å². The van der Waals surface area contributed by atoms with Crippen molar-refractivity contribution in [2.24, 2.45) is 5.92 Å². The van der Waals surface area contributed by atoms with Gasteiger partial charge in [0, 0.05) is 1.43 Å². The molecule has 0 N–H and O–H groups in total. The van der Waals surface area contributed by atoms with Gasteiger partial charge in [0.15, 0.2) is 0 Å². The number of allylic oxidation sites excluding steroid dienone is 1. The molecule has 0 unspecified atom stereocenters. The summed E-state index contributed by atoms with van der Waals surface area (Å²) in [5, 5.41) is 0. The van der Waals surface area contributed by atoms with E-state index in [2.05, 4.69) is 68.1 Å². The zero-order valence-corrected chi connectivity index (χ0v) is 12.9. The molecule has 22 heavy (non-hydrogen) atoms. The molecule has 0 aromatic heterocycles. The second-order valence-electron chi connectivity index (χ2n) is 6.34. The largest absolute Gasteiger partial charge is 0.103 e. The SMILES string of the molecule is C.C=CC1CCC(c2ccc(-c3ccc(C)cc3)cc2)CC1.[HH]. The molecule has 2 aromatic rings. The summed E-state index contributed by atoms with van der Waals surface area (Å²) in [6, 6.07) is 18.0. The fraction of sp³-hybridized carbons (Fsp3) is 0.364. The minimum atomic E-state index is 0. The normalized spacial score (nSPS) is 21.0. The lowest BCUT2D eigenvalue weighted by Gasteiger charge is -2.27. The lowest BCUT2D eigenvalue weighted by Crippen LogP contribution is -2.11. The Bertz CT molecular complexity index is 587. The highest BCUT2D eigenvalue weighted by atomic mass is 14.2. The van der Waals surface area contributed by atoms with Crippen molar-refractivity contribution >= 4 is 0 Å². The zero-order chi connectivity index (χ0) is 14.7. The highest BCUT2D eigenvalue weighted by molar-refractivity contribution is 5.64. The van der Waals surface area contributed by atoms with E-state index in [1.54, 1.807) is 0 Å². The summed E-state index contributed by atoms with van der Waals surface area (Å²) in [6.07, 6.45) is 7.35. The predicted molar refractivity (Wildman–Crippen MR) is 100 cm³/mol. The van der Waals surface area contributed by atoms with Gasteiger partial charge in [-0.3, -0.25) is 0 Å². The van der Waals surface area contributed by atoms with Crippen LogP contribution in [-0.4, -0.2) is 0 Å². The quantitative estimate of drug-likeness (QED) is 0.534. The third-order valence-electron chi connectivity index (χ3n) is 4.87. The summed E-state index contributed by atoms with van der Waals surface area (Å²) in [6.45, 7) is 6.06. The van der Waals surface area contributed by atoms with E-state index in [9.17, 15) is 0 Å². The fourth-order valence-electron chi connectivity index (χ4n) is 3.38. The Morgan fingerprint density at radius 3 is 1.86 bits per heavy atom. The van der Waals surface area contributed by atoms with E-state index in [4.69, 9.17) is 0 Å². The lowest BCUT2D eigenvalue weighted by atomic mass is 9.78. The van der Waals surface area contributed by atoms with Gasteiger partial charge >= 0.3 is 0 Å². The minimum absolute atomic E-state index is 0. The van der Waals surface area contributed by atoms with Crippen LogP contribution in [0.25, 0.3) is 11.1 Å². The zero-order valence-electron chi connectivity index (χ0n) is 12.9. The van der Waals surface area contributed by atoms with Crippen LogP contribution >= 0.6 is 0 Å². The van der Waals surface area contributed by atoms with Crippen LogP contribution in [0.1, 0.15) is 51.6 Å². The first-order valence-electron chi connectivity index (χ1n) is 8.06. The Kier molecular flexibility index (Phi) is 5.60. The van der Waals surface area contributed by atoms with Crippen LogP contribution in [0.15, 0.2) is 61.2 Å². The van der Waals surface area contributed by atoms with Gasteiger partial charge in [-0.2, -0.15) is 0 Å². The van der Waals surface area contributed by atoms with E-state index >= 15 is 0 Å². The molecule has 2 aromatic carbocycles. The molecule has 0 saturated heterocycles. The van der Waals surface area contributed by atoms with Gasteiger partial charge in [-0.15, -0.1) is 6.58 Å². The third-order valence-corrected chi connectivity index (χ3v) is 4.87. The minimum Gasteiger partial charge on any atom is -0.103 e. The van der Waals surface area contributed by atoms with Crippen LogP contribution in [0, 0.1) is 12.8 Å². The molecule has 0 nitrogen and oxygen atoms in total. The summed E-state index contributed by atoms with van der Waals surface area (Å²) in [5.41, 5.74) is 5.45. The summed E-state index contributed by atoms with van der Waals surface area (Å²) >= 11 is 0. The summed E-state index contributed by atoms with van der Waals surface area (Å²) in [7, 11) is 0. The van der Waals surface area contributed by atoms with E-state index in [0.717, 1.165) is 11.8 Å². The molecule has 1 aliphatic carbocycles. The molecule has 0 aliphatic heterocycles. The first kappa shape index (κ1) is 16.5. The molecule has 3 rings (SSSR count). The van der Waals surface area contributed by atoms with Crippen molar-refractivity contribution in [3.05, 3.63) is 72.3 Å². The molecule has 1 aliphatic rings. The van der Waals surface area contributed by atoms with E-state index < -0.39 is 0 Å². The van der Waals surface area contributed by atoms with Crippen LogP contribution in [0.4, 0.5) is 0 Å². The number of hydrogen-bond acceptors (Lipinski definition) is 0. The van der Waals surface area contributed by atoms with Crippen LogP contribution in [0.5, 0.6) is 0 Å². The van der Waals surface area contributed by atoms with Gasteiger partial charge < -0.3 is 0 Å². The molecule has 0 amide bonds. The molecule has 0 spiro atoms. The first-order valence-corrected chi connectivity index (χ1v) is 8.06. The molecular weight excluding hydrogens is 264 g/mol. The Balaban J connectivity index is 0.00000132. The smallest absolute Gasteiger partial charge is 0 e. The summed E-state index contributed by atoms with van der Waals surface area (Å²) in [5.74, 6) is 1.49. The molecule has 118 valence electrons. The number of aryl methyl sites for hydroxylation is 1. The molecule has 0 atom stereocenters. The molecular formula is C22H30. The molecule has 0 heterocycles. The van der Waals surface area contributed by atoms with Crippen LogP contribution in [-0.2, 0) is 0 Å². The van der Waals surface area contributed by atoms with Gasteiger partial charge in [0.25, 0.3) is 0 Å². The van der Waals surface area contributed by atoms with Crippen LogP contribution in [0.3, 0.4) is 0 Å². The first-order chi connectivity index (χ1) is 10.3. The Labute approximate surface area is 137 Å². The molecule has 1 fully saturated rings. The predicted octanol–water partition coefficient (Wildman–Crippen LogP) is 7.00. The number of rotatable bonds is 3. The van der Waals surface area contributed by atoms with Crippen molar-refractivity contribution in [1.29, 1.82) is 0 Å². The number of hydrogen-bond donors (Lipinski definition) is 0. The average molecular weight is 294 g/mol. The third kappa shape index (κ3) is 3.68. The Morgan fingerprint density at radius 1 is 0.864 bits per heavy atom. The second-order valence-corrected chi connectivity index (χ2v) is 6.34. The van der Waals surface area contributed by atoms with Crippen molar-refractivity contribution in [3.63, 3.8) is 0 Å². The molecule has 0 bridgehead atoms. The fourth-order valence-corrected chi connectivity index (χ4v) is 3.38. The van der Waals surface area contributed by atoms with Gasteiger partial charge in [-0.05, 0) is 61.1 Å². The molecule has 0 heteroatoms. The van der Waals surface area contributed by atoms with Crippen molar-refractivity contribution in [2.45, 2.75) is 46.0 Å². The van der Waals surface area contributed by atoms with Gasteiger partial charge in [0.05, 0.1) is 0 Å². The Hall–Kier alpha value is -1.82. The molecule has 1 saturated carbocycles. The topological polar surface area (TPSA) is 0 Å². The highest BCUT2D eigenvalue weighted by Crippen LogP contribution is 2.36. The standard InChI is InChI=1S/C21H24.CH4.H2/c1-3-17-6-10-19(11-7-17)21-14-12-20(13-15-21)18-8-4-16(2)5-9-18;;/h3-5,8-9,12-15,17,19H,1,6-7,10-11H2,2H3;1H4;1H. The van der Waals surface area contributed by atoms with Crippen molar-refractivity contribution in [1.82, 2.24) is 0 Å². The van der Waals surface area contributed by atoms with Crippen LogP contribution in [0.2, 0.25) is 0 Å². The van der Waals surface area contributed by atoms with E-state index in [1.165, 1.54) is 47.9 Å². The van der Waals surface area contributed by atoms with Gasteiger partial charge in [0.2, 0.25) is 0 Å². The maximum absolute atomic E-state index is 3.93. The van der Waals surface area contributed by atoms with E-state index in [1.807, 2.05) is 0 Å². The summed E-state index contributed by atoms with van der Waals surface area (Å²) < 4.78 is 0. The maximum Gasteiger partial charge on any atom is 0 e. The van der Waals surface area contributed by atoms with Gasteiger partial charge in [-0.25, -0.2) is 0 Å². The van der Waals surface area contributed by atoms with E-state index in [0.29, 0.717) is 0 Å². The van der Waals surface area contributed by atoms with Crippen molar-refractivity contribution < 1.29 is 1.43 Å². The monoisotopic (exact) mass is 294 g/mol. The van der Waals surface area contributed by atoms with Crippen molar-refractivity contribution in [2.75, 3.05) is 0 Å². The highest BCUT2D eigenvalue weighted by Gasteiger charge is 2.20. The van der Waals surface area contributed by atoms with Crippen LogP contribution < -0.4 is 0 Å². The average Bonchev–Trinajstić information content (AvgIpc) is 2.56. The lowest BCUT2D eigenvalue weighted by molar-refractivity contribution is 0.376. The second kappa shape index (κ2) is 7.45. The molecule has 0 radical (unpaired) electrons. The van der Waals surface area contributed by atoms with Crippen molar-refractivity contribution in [3.8, 4) is 11.1 Å². The van der Waals surface area contributed by atoms with Gasteiger partial charge in [0.1, 0.15) is 0 Å². The number of benzene rings is 2. The van der Waals surface area contributed by atoms with Gasteiger partial charge in [-0.1, -0.05) is 67.6 Å². The summed E-state index contributed by atoms with van der Waals surface area (Å²) in [4.78, 5) is 0.